The Labute approximate surface area is 161 Å². The lowest BCUT2D eigenvalue weighted by Crippen LogP contribution is -2.37. The average Bonchev–Trinajstić information content (AvgIpc) is 2.64. The Hall–Kier alpha value is -2.67. The molecule has 1 amide bonds. The molecule has 0 aliphatic carbocycles. The molecule has 3 rings (SSSR count). The third-order valence-corrected chi connectivity index (χ3v) is 5.04. The summed E-state index contributed by atoms with van der Waals surface area (Å²) in [5.41, 5.74) is 0.891. The fourth-order valence-corrected chi connectivity index (χ4v) is 3.48. The highest BCUT2D eigenvalue weighted by Gasteiger charge is 2.27. The number of carbonyl (C=O) groups excluding carboxylic acids is 1. The molecular weight excluding hydrogens is 373 g/mol. The van der Waals surface area contributed by atoms with Gasteiger partial charge in [-0.2, -0.15) is 0 Å². The Bertz CT molecular complexity index is 873. The van der Waals surface area contributed by atoms with Crippen LogP contribution in [0.1, 0.15) is 36.5 Å². The topological polar surface area (TPSA) is 75.5 Å². The second kappa shape index (κ2) is 7.92. The van der Waals surface area contributed by atoms with Gasteiger partial charge in [0.2, 0.25) is 0 Å². The number of anilines is 2. The fraction of sp³-hybridized carbons (Fsp3) is 0.316. The summed E-state index contributed by atoms with van der Waals surface area (Å²) in [6, 6.07) is 8.05. The van der Waals surface area contributed by atoms with Crippen molar-refractivity contribution in [3.05, 3.63) is 62.9 Å². The number of amides is 1. The maximum absolute atomic E-state index is 13.0. The zero-order valence-corrected chi connectivity index (χ0v) is 15.5. The second-order valence-corrected chi connectivity index (χ2v) is 6.98. The first-order chi connectivity index (χ1) is 12.9. The lowest BCUT2D eigenvalue weighted by atomic mass is 10.0. The van der Waals surface area contributed by atoms with Gasteiger partial charge in [-0.15, -0.1) is 0 Å². The molecule has 2 aromatic carbocycles. The normalized spacial score (nSPS) is 16.9. The first-order valence-electron chi connectivity index (χ1n) is 8.68. The highest BCUT2D eigenvalue weighted by atomic mass is 35.5. The summed E-state index contributed by atoms with van der Waals surface area (Å²) in [5.74, 6) is -0.912. The number of piperidine rings is 1. The minimum atomic E-state index is -0.469. The summed E-state index contributed by atoms with van der Waals surface area (Å²) in [7, 11) is 0. The van der Waals surface area contributed by atoms with Gasteiger partial charge >= 0.3 is 0 Å². The van der Waals surface area contributed by atoms with Crippen molar-refractivity contribution in [2.24, 2.45) is 0 Å². The summed E-state index contributed by atoms with van der Waals surface area (Å²) < 4.78 is 13.0. The lowest BCUT2D eigenvalue weighted by Gasteiger charge is -2.35. The van der Waals surface area contributed by atoms with E-state index in [1.165, 1.54) is 30.3 Å². The van der Waals surface area contributed by atoms with Gasteiger partial charge in [0.25, 0.3) is 11.6 Å². The smallest absolute Gasteiger partial charge is 0.294 e. The van der Waals surface area contributed by atoms with Gasteiger partial charge in [-0.1, -0.05) is 11.6 Å². The van der Waals surface area contributed by atoms with Gasteiger partial charge in [-0.05, 0) is 56.5 Å². The van der Waals surface area contributed by atoms with Crippen LogP contribution in [-0.2, 0) is 0 Å². The van der Waals surface area contributed by atoms with Crippen LogP contribution in [0.15, 0.2) is 36.4 Å². The number of hydrogen-bond donors (Lipinski definition) is 1. The number of nitrogens with one attached hydrogen (secondary N) is 1. The summed E-state index contributed by atoms with van der Waals surface area (Å²) in [4.78, 5) is 25.4. The Morgan fingerprint density at radius 2 is 2.00 bits per heavy atom. The molecule has 2 aromatic rings. The van der Waals surface area contributed by atoms with Crippen LogP contribution in [0.3, 0.4) is 0 Å². The van der Waals surface area contributed by atoms with Gasteiger partial charge in [-0.3, -0.25) is 14.9 Å². The minimum Gasteiger partial charge on any atom is -0.363 e. The summed E-state index contributed by atoms with van der Waals surface area (Å²) in [6.07, 6.45) is 2.96. The van der Waals surface area contributed by atoms with Crippen LogP contribution in [-0.4, -0.2) is 23.4 Å². The van der Waals surface area contributed by atoms with E-state index in [1.54, 1.807) is 6.07 Å². The molecule has 1 aliphatic rings. The first kappa shape index (κ1) is 19.1. The molecule has 142 valence electrons. The molecule has 27 heavy (non-hydrogen) atoms. The molecule has 1 fully saturated rings. The number of rotatable bonds is 4. The van der Waals surface area contributed by atoms with E-state index in [4.69, 9.17) is 11.6 Å². The molecule has 0 bridgehead atoms. The Balaban J connectivity index is 1.95. The molecule has 0 spiro atoms. The van der Waals surface area contributed by atoms with E-state index < -0.39 is 16.6 Å². The lowest BCUT2D eigenvalue weighted by molar-refractivity contribution is -0.384. The molecule has 0 saturated carbocycles. The number of nitro groups is 1. The zero-order valence-electron chi connectivity index (χ0n) is 14.7. The van der Waals surface area contributed by atoms with Crippen molar-refractivity contribution in [1.82, 2.24) is 0 Å². The van der Waals surface area contributed by atoms with E-state index >= 15 is 0 Å². The van der Waals surface area contributed by atoms with Gasteiger partial charge in [0.15, 0.2) is 0 Å². The molecule has 8 heteroatoms. The molecule has 1 unspecified atom stereocenters. The molecule has 6 nitrogen and oxygen atoms in total. The number of halogens is 2. The second-order valence-electron chi connectivity index (χ2n) is 6.58. The van der Waals surface area contributed by atoms with Crippen LogP contribution in [0.5, 0.6) is 0 Å². The molecule has 1 heterocycles. The number of nitrogens with zero attached hydrogens (tertiary/aromatic N) is 2. The Kier molecular flexibility index (Phi) is 5.60. The molecule has 0 aromatic heterocycles. The molecule has 1 aliphatic heterocycles. The van der Waals surface area contributed by atoms with Crippen LogP contribution in [0, 0.1) is 15.9 Å². The quantitative estimate of drug-likeness (QED) is 0.586. The Morgan fingerprint density at radius 1 is 1.30 bits per heavy atom. The van der Waals surface area contributed by atoms with Gasteiger partial charge in [0.05, 0.1) is 15.6 Å². The van der Waals surface area contributed by atoms with Crippen LogP contribution in [0.2, 0.25) is 5.02 Å². The van der Waals surface area contributed by atoms with Gasteiger partial charge in [-0.25, -0.2) is 4.39 Å². The van der Waals surface area contributed by atoms with Crippen molar-refractivity contribution < 1.29 is 14.1 Å². The fourth-order valence-electron chi connectivity index (χ4n) is 3.28. The van der Waals surface area contributed by atoms with Crippen molar-refractivity contribution >= 4 is 34.6 Å². The monoisotopic (exact) mass is 391 g/mol. The molecule has 0 radical (unpaired) electrons. The average molecular weight is 392 g/mol. The standard InChI is InChI=1S/C19H19ClFN3O3/c1-12-4-2-3-9-23(12)17-11-16(15(20)10-18(17)24(26)27)22-19(25)13-5-7-14(21)8-6-13/h5-8,10-12H,2-4,9H2,1H3,(H,22,25). The maximum Gasteiger partial charge on any atom is 0.294 e. The van der Waals surface area contributed by atoms with Gasteiger partial charge in [0.1, 0.15) is 11.5 Å². The molecule has 1 saturated heterocycles. The van der Waals surface area contributed by atoms with E-state index in [0.717, 1.165) is 19.3 Å². The van der Waals surface area contributed by atoms with E-state index in [0.29, 0.717) is 12.2 Å². The van der Waals surface area contributed by atoms with Gasteiger partial charge < -0.3 is 10.2 Å². The number of nitro benzene ring substituents is 1. The molecule has 1 atom stereocenters. The van der Waals surface area contributed by atoms with E-state index in [-0.39, 0.29) is 28.0 Å². The SMILES string of the molecule is CC1CCCCN1c1cc(NC(=O)c2ccc(F)cc2)c(Cl)cc1[N+](=O)[O-]. The van der Waals surface area contributed by atoms with Crippen molar-refractivity contribution in [1.29, 1.82) is 0 Å². The van der Waals surface area contributed by atoms with Crippen LogP contribution >= 0.6 is 11.6 Å². The van der Waals surface area contributed by atoms with E-state index in [9.17, 15) is 19.3 Å². The number of benzene rings is 2. The predicted octanol–water partition coefficient (Wildman–Crippen LogP) is 5.02. The van der Waals surface area contributed by atoms with Crippen molar-refractivity contribution in [3.63, 3.8) is 0 Å². The van der Waals surface area contributed by atoms with E-state index in [2.05, 4.69) is 5.32 Å². The van der Waals surface area contributed by atoms with Crippen molar-refractivity contribution in [2.75, 3.05) is 16.8 Å². The summed E-state index contributed by atoms with van der Waals surface area (Å²) in [6.45, 7) is 2.73. The van der Waals surface area contributed by atoms with Crippen LogP contribution in [0.25, 0.3) is 0 Å². The highest BCUT2D eigenvalue weighted by Crippen LogP contribution is 2.39. The minimum absolute atomic E-state index is 0.0746. The number of hydrogen-bond acceptors (Lipinski definition) is 4. The highest BCUT2D eigenvalue weighted by molar-refractivity contribution is 6.34. The number of carbonyl (C=O) groups is 1. The van der Waals surface area contributed by atoms with Crippen molar-refractivity contribution in [2.45, 2.75) is 32.2 Å². The van der Waals surface area contributed by atoms with Crippen LogP contribution in [0.4, 0.5) is 21.5 Å². The first-order valence-corrected chi connectivity index (χ1v) is 9.06. The third-order valence-electron chi connectivity index (χ3n) is 4.73. The Morgan fingerprint density at radius 3 is 2.63 bits per heavy atom. The largest absolute Gasteiger partial charge is 0.363 e. The van der Waals surface area contributed by atoms with Gasteiger partial charge in [0, 0.05) is 24.2 Å². The molecule has 1 N–H and O–H groups in total. The predicted molar refractivity (Wildman–Crippen MR) is 103 cm³/mol. The zero-order chi connectivity index (χ0) is 19.6. The van der Waals surface area contributed by atoms with E-state index in [1.807, 2.05) is 11.8 Å². The summed E-state index contributed by atoms with van der Waals surface area (Å²) in [5, 5.41) is 14.2. The molecular formula is C19H19ClFN3O3. The van der Waals surface area contributed by atoms with Crippen molar-refractivity contribution in [3.8, 4) is 0 Å². The summed E-state index contributed by atoms with van der Waals surface area (Å²) >= 11 is 6.18. The van der Waals surface area contributed by atoms with Crippen LogP contribution < -0.4 is 10.2 Å². The maximum atomic E-state index is 13.0. The third kappa shape index (κ3) is 4.19.